The molecule has 0 bridgehead atoms. The van der Waals surface area contributed by atoms with E-state index in [4.69, 9.17) is 0 Å². The molecule has 1 aromatic carbocycles. The fraction of sp³-hybridized carbons (Fsp3) is 0.500. The van der Waals surface area contributed by atoms with Crippen molar-refractivity contribution in [3.05, 3.63) is 35.6 Å². The highest BCUT2D eigenvalue weighted by Gasteiger charge is 2.19. The van der Waals surface area contributed by atoms with Gasteiger partial charge in [-0.15, -0.1) is 0 Å². The average Bonchev–Trinajstić information content (AvgIpc) is 2.37. The molecule has 0 fully saturated rings. The predicted molar refractivity (Wildman–Crippen MR) is 79.7 cm³/mol. The minimum absolute atomic E-state index is 0.150. The zero-order chi connectivity index (χ0) is 16.0. The Bertz CT molecular complexity index is 484. The fourth-order valence-corrected chi connectivity index (χ4v) is 1.76. The van der Waals surface area contributed by atoms with E-state index >= 15 is 0 Å². The number of nitrogens with one attached hydrogen (secondary N) is 2. The zero-order valence-electron chi connectivity index (χ0n) is 12.9. The molecule has 5 heteroatoms. The number of carbonyl (C=O) groups is 2. The van der Waals surface area contributed by atoms with Crippen molar-refractivity contribution in [1.82, 2.24) is 10.6 Å². The van der Waals surface area contributed by atoms with E-state index < -0.39 is 6.17 Å². The van der Waals surface area contributed by atoms with Crippen LogP contribution in [0.4, 0.5) is 4.39 Å². The van der Waals surface area contributed by atoms with Gasteiger partial charge >= 0.3 is 0 Å². The summed E-state index contributed by atoms with van der Waals surface area (Å²) < 4.78 is 13.0. The van der Waals surface area contributed by atoms with E-state index in [0.717, 1.165) is 0 Å². The van der Waals surface area contributed by atoms with Crippen LogP contribution >= 0.6 is 0 Å². The third-order valence-electron chi connectivity index (χ3n) is 2.91. The van der Waals surface area contributed by atoms with Crippen LogP contribution < -0.4 is 10.6 Å². The van der Waals surface area contributed by atoms with Gasteiger partial charge in [-0.1, -0.05) is 39.8 Å². The van der Waals surface area contributed by atoms with E-state index in [9.17, 15) is 14.0 Å². The topological polar surface area (TPSA) is 58.2 Å². The second kappa shape index (κ2) is 7.76. The first-order valence-corrected chi connectivity index (χ1v) is 7.14. The number of hydrogen-bond acceptors (Lipinski definition) is 2. The summed E-state index contributed by atoms with van der Waals surface area (Å²) in [6, 6.07) is 5.71. The molecular weight excluding hydrogens is 271 g/mol. The summed E-state index contributed by atoms with van der Waals surface area (Å²) in [5.74, 6) is -0.659. The molecule has 1 unspecified atom stereocenters. The van der Waals surface area contributed by atoms with Crippen LogP contribution in [0.2, 0.25) is 0 Å². The van der Waals surface area contributed by atoms with Gasteiger partial charge in [-0.05, 0) is 23.6 Å². The van der Waals surface area contributed by atoms with Crippen LogP contribution in [0.25, 0.3) is 0 Å². The Morgan fingerprint density at radius 2 is 1.62 bits per heavy atom. The van der Waals surface area contributed by atoms with Gasteiger partial charge in [-0.2, -0.15) is 0 Å². The van der Waals surface area contributed by atoms with Gasteiger partial charge in [-0.25, -0.2) is 4.39 Å². The van der Waals surface area contributed by atoms with Gasteiger partial charge in [0.05, 0.1) is 0 Å². The maximum Gasteiger partial charge on any atom is 0.224 e. The monoisotopic (exact) mass is 294 g/mol. The van der Waals surface area contributed by atoms with Crippen molar-refractivity contribution in [1.29, 1.82) is 0 Å². The molecule has 0 saturated heterocycles. The largest absolute Gasteiger partial charge is 0.332 e. The maximum atomic E-state index is 13.0. The summed E-state index contributed by atoms with van der Waals surface area (Å²) in [6.07, 6.45) is -0.276. The molecule has 21 heavy (non-hydrogen) atoms. The van der Waals surface area contributed by atoms with Crippen LogP contribution in [0.3, 0.4) is 0 Å². The normalized spacial score (nSPS) is 12.3. The quantitative estimate of drug-likeness (QED) is 0.793. The lowest BCUT2D eigenvalue weighted by Crippen LogP contribution is -2.42. The highest BCUT2D eigenvalue weighted by atomic mass is 19.1. The smallest absolute Gasteiger partial charge is 0.224 e. The highest BCUT2D eigenvalue weighted by Crippen LogP contribution is 2.13. The summed E-state index contributed by atoms with van der Waals surface area (Å²) in [7, 11) is 0. The molecule has 2 N–H and O–H groups in total. The molecular formula is C16H23FN2O2. The van der Waals surface area contributed by atoms with Crippen LogP contribution in [0.5, 0.6) is 0 Å². The van der Waals surface area contributed by atoms with Crippen molar-refractivity contribution >= 4 is 11.8 Å². The van der Waals surface area contributed by atoms with Crippen molar-refractivity contribution in [3.63, 3.8) is 0 Å². The summed E-state index contributed by atoms with van der Waals surface area (Å²) in [4.78, 5) is 23.8. The Labute approximate surface area is 125 Å². The Morgan fingerprint density at radius 1 is 1.05 bits per heavy atom. The van der Waals surface area contributed by atoms with E-state index in [0.29, 0.717) is 12.0 Å². The molecule has 0 heterocycles. The lowest BCUT2D eigenvalue weighted by Gasteiger charge is -2.22. The number of halogens is 1. The van der Waals surface area contributed by atoms with Gasteiger partial charge in [0.1, 0.15) is 12.0 Å². The lowest BCUT2D eigenvalue weighted by atomic mass is 10.1. The van der Waals surface area contributed by atoms with Crippen molar-refractivity contribution in [3.8, 4) is 0 Å². The van der Waals surface area contributed by atoms with Crippen LogP contribution in [0, 0.1) is 17.7 Å². The van der Waals surface area contributed by atoms with E-state index in [1.807, 2.05) is 13.8 Å². The first-order chi connectivity index (χ1) is 9.79. The van der Waals surface area contributed by atoms with Gasteiger partial charge in [0.25, 0.3) is 0 Å². The Morgan fingerprint density at radius 3 is 2.10 bits per heavy atom. The van der Waals surface area contributed by atoms with Gasteiger partial charge in [0.2, 0.25) is 11.8 Å². The number of rotatable bonds is 6. The van der Waals surface area contributed by atoms with Crippen LogP contribution in [-0.2, 0) is 9.59 Å². The standard InChI is InChI=1S/C16H23FN2O2/c1-10(2)9-14(20)18-15(19-16(21)11(3)4)12-5-7-13(17)8-6-12/h5-8,10-11,15H,9H2,1-4H3,(H,18,20)(H,19,21). The second-order valence-corrected chi connectivity index (χ2v) is 5.81. The summed E-state index contributed by atoms with van der Waals surface area (Å²) in [5.41, 5.74) is 0.641. The van der Waals surface area contributed by atoms with Crippen molar-refractivity contribution in [2.24, 2.45) is 11.8 Å². The summed E-state index contributed by atoms with van der Waals surface area (Å²) in [5, 5.41) is 5.54. The van der Waals surface area contributed by atoms with Crippen LogP contribution in [0.1, 0.15) is 45.8 Å². The molecule has 1 atom stereocenters. The van der Waals surface area contributed by atoms with Gasteiger partial charge < -0.3 is 10.6 Å². The number of amides is 2. The Balaban J connectivity index is 2.86. The fourth-order valence-electron chi connectivity index (χ4n) is 1.76. The molecule has 1 aromatic rings. The van der Waals surface area contributed by atoms with Crippen molar-refractivity contribution in [2.75, 3.05) is 0 Å². The molecule has 0 aliphatic heterocycles. The first kappa shape index (κ1) is 17.1. The zero-order valence-corrected chi connectivity index (χ0v) is 12.9. The van der Waals surface area contributed by atoms with E-state index in [1.165, 1.54) is 12.1 Å². The molecule has 116 valence electrons. The average molecular weight is 294 g/mol. The molecule has 0 aliphatic rings. The first-order valence-electron chi connectivity index (χ1n) is 7.14. The maximum absolute atomic E-state index is 13.0. The highest BCUT2D eigenvalue weighted by molar-refractivity contribution is 5.80. The number of hydrogen-bond donors (Lipinski definition) is 2. The number of carbonyl (C=O) groups excluding carboxylic acids is 2. The minimum atomic E-state index is -0.647. The minimum Gasteiger partial charge on any atom is -0.332 e. The number of benzene rings is 1. The summed E-state index contributed by atoms with van der Waals surface area (Å²) >= 11 is 0. The Hall–Kier alpha value is -1.91. The Kier molecular flexibility index (Phi) is 6.34. The molecule has 4 nitrogen and oxygen atoms in total. The predicted octanol–water partition coefficient (Wildman–Crippen LogP) is 2.76. The van der Waals surface area contributed by atoms with Crippen LogP contribution in [-0.4, -0.2) is 11.8 Å². The van der Waals surface area contributed by atoms with Gasteiger partial charge in [-0.3, -0.25) is 9.59 Å². The molecule has 0 radical (unpaired) electrons. The third-order valence-corrected chi connectivity index (χ3v) is 2.91. The van der Waals surface area contributed by atoms with E-state index in [1.54, 1.807) is 26.0 Å². The van der Waals surface area contributed by atoms with E-state index in [2.05, 4.69) is 10.6 Å². The molecule has 2 amide bonds. The lowest BCUT2D eigenvalue weighted by molar-refractivity contribution is -0.126. The van der Waals surface area contributed by atoms with Crippen molar-refractivity contribution in [2.45, 2.75) is 40.3 Å². The van der Waals surface area contributed by atoms with Crippen LogP contribution in [0.15, 0.2) is 24.3 Å². The summed E-state index contributed by atoms with van der Waals surface area (Å²) in [6.45, 7) is 7.43. The SMILES string of the molecule is CC(C)CC(=O)NC(NC(=O)C(C)C)c1ccc(F)cc1. The van der Waals surface area contributed by atoms with E-state index in [-0.39, 0.29) is 29.5 Å². The van der Waals surface area contributed by atoms with Gasteiger partial charge in [0, 0.05) is 12.3 Å². The van der Waals surface area contributed by atoms with Gasteiger partial charge in [0.15, 0.2) is 0 Å². The second-order valence-electron chi connectivity index (χ2n) is 5.81. The molecule has 0 aromatic heterocycles. The molecule has 0 aliphatic carbocycles. The molecule has 0 saturated carbocycles. The molecule has 1 rings (SSSR count). The molecule has 0 spiro atoms. The third kappa shape index (κ3) is 5.94. The van der Waals surface area contributed by atoms with Crippen molar-refractivity contribution < 1.29 is 14.0 Å².